The molecule has 0 spiro atoms. The molecule has 0 aromatic heterocycles. The predicted octanol–water partition coefficient (Wildman–Crippen LogP) is -0.413. The van der Waals surface area contributed by atoms with E-state index in [0.717, 1.165) is 13.1 Å². The van der Waals surface area contributed by atoms with Crippen molar-refractivity contribution < 1.29 is 4.74 Å². The van der Waals surface area contributed by atoms with Gasteiger partial charge in [-0.25, -0.2) is 0 Å². The van der Waals surface area contributed by atoms with Crippen LogP contribution in [0.2, 0.25) is 0 Å². The van der Waals surface area contributed by atoms with Gasteiger partial charge in [-0.3, -0.25) is 0 Å². The molecule has 0 heterocycles. The summed E-state index contributed by atoms with van der Waals surface area (Å²) >= 11 is 0. The van der Waals surface area contributed by atoms with Crippen LogP contribution < -0.4 is 11.5 Å². The van der Waals surface area contributed by atoms with Crippen LogP contribution in [-0.4, -0.2) is 43.9 Å². The van der Waals surface area contributed by atoms with Crippen LogP contribution >= 0.6 is 0 Å². The lowest BCUT2D eigenvalue weighted by molar-refractivity contribution is -0.00280. The van der Waals surface area contributed by atoms with E-state index in [1.807, 2.05) is 20.9 Å². The van der Waals surface area contributed by atoms with Crippen LogP contribution in [0.5, 0.6) is 0 Å². The maximum atomic E-state index is 5.48. The third-order valence-electron chi connectivity index (χ3n) is 1.53. The molecule has 4 nitrogen and oxygen atoms in total. The Balaban J connectivity index is 3.46. The average molecular weight is 175 g/mol. The topological polar surface area (TPSA) is 64.5 Å². The zero-order chi connectivity index (χ0) is 9.56. The number of nitrogens with two attached hydrogens (primary N) is 2. The van der Waals surface area contributed by atoms with Crippen molar-refractivity contribution in [2.45, 2.75) is 26.2 Å². The predicted molar refractivity (Wildman–Crippen MR) is 50.7 cm³/mol. The molecule has 0 saturated carbocycles. The summed E-state index contributed by atoms with van der Waals surface area (Å²) in [5.41, 5.74) is 10.9. The van der Waals surface area contributed by atoms with Gasteiger partial charge in [0.1, 0.15) is 6.23 Å². The lowest BCUT2D eigenvalue weighted by Gasteiger charge is -2.22. The zero-order valence-corrected chi connectivity index (χ0v) is 8.29. The fourth-order valence-electron chi connectivity index (χ4n) is 1.16. The normalized spacial score (nSPS) is 16.5. The van der Waals surface area contributed by atoms with Crippen LogP contribution in [0.3, 0.4) is 0 Å². The van der Waals surface area contributed by atoms with Crippen LogP contribution in [0.25, 0.3) is 0 Å². The van der Waals surface area contributed by atoms with Gasteiger partial charge in [0.25, 0.3) is 0 Å². The molecule has 4 N–H and O–H groups in total. The van der Waals surface area contributed by atoms with Gasteiger partial charge in [0, 0.05) is 19.6 Å². The Morgan fingerprint density at radius 1 is 1.42 bits per heavy atom. The van der Waals surface area contributed by atoms with Crippen molar-refractivity contribution in [2.24, 2.45) is 11.5 Å². The summed E-state index contributed by atoms with van der Waals surface area (Å²) in [6.07, 6.45) is -0.0205. The molecule has 0 rings (SSSR count). The van der Waals surface area contributed by atoms with E-state index in [4.69, 9.17) is 16.2 Å². The molecule has 0 aliphatic carbocycles. The van der Waals surface area contributed by atoms with E-state index in [0.29, 0.717) is 6.54 Å². The average Bonchev–Trinajstić information content (AvgIpc) is 1.84. The Hall–Kier alpha value is -0.160. The van der Waals surface area contributed by atoms with E-state index in [-0.39, 0.29) is 12.3 Å². The Morgan fingerprint density at radius 3 is 2.42 bits per heavy atom. The highest BCUT2D eigenvalue weighted by Gasteiger charge is 2.07. The minimum Gasteiger partial charge on any atom is -0.360 e. The first kappa shape index (κ1) is 11.8. The molecule has 0 aromatic rings. The summed E-state index contributed by atoms with van der Waals surface area (Å²) < 4.78 is 5.36. The summed E-state index contributed by atoms with van der Waals surface area (Å²) in [4.78, 5) is 2.13. The second-order valence-corrected chi connectivity index (χ2v) is 3.20. The van der Waals surface area contributed by atoms with Gasteiger partial charge >= 0.3 is 0 Å². The highest BCUT2D eigenvalue weighted by atomic mass is 16.5. The fraction of sp³-hybridized carbons (Fsp3) is 1.00. The second-order valence-electron chi connectivity index (χ2n) is 3.20. The van der Waals surface area contributed by atoms with E-state index >= 15 is 0 Å². The summed E-state index contributed by atoms with van der Waals surface area (Å²) in [5.74, 6) is 0. The molecule has 0 aliphatic rings. The molecule has 0 aromatic carbocycles. The van der Waals surface area contributed by atoms with Gasteiger partial charge in [0.05, 0.1) is 6.10 Å². The molecule has 2 atom stereocenters. The Labute approximate surface area is 74.8 Å². The minimum atomic E-state index is -0.189. The summed E-state index contributed by atoms with van der Waals surface area (Å²) in [6.45, 7) is 6.29. The number of rotatable bonds is 6. The summed E-state index contributed by atoms with van der Waals surface area (Å²) in [6, 6.07) is 0. The number of hydrogen-bond acceptors (Lipinski definition) is 4. The molecule has 0 fully saturated rings. The molecule has 12 heavy (non-hydrogen) atoms. The van der Waals surface area contributed by atoms with Crippen LogP contribution in [0.4, 0.5) is 0 Å². The monoisotopic (exact) mass is 175 g/mol. The van der Waals surface area contributed by atoms with Crippen molar-refractivity contribution in [1.82, 2.24) is 4.90 Å². The second kappa shape index (κ2) is 6.37. The zero-order valence-electron chi connectivity index (χ0n) is 8.29. The van der Waals surface area contributed by atoms with Crippen molar-refractivity contribution in [1.29, 1.82) is 0 Å². The van der Waals surface area contributed by atoms with Crippen LogP contribution in [0.15, 0.2) is 0 Å². The SMILES string of the molecule is C[C@H](N)O[C@@H](C)CN(C)CCN. The van der Waals surface area contributed by atoms with E-state index in [2.05, 4.69) is 4.90 Å². The van der Waals surface area contributed by atoms with Crippen LogP contribution in [0.1, 0.15) is 13.8 Å². The van der Waals surface area contributed by atoms with Crippen molar-refractivity contribution in [3.63, 3.8) is 0 Å². The third-order valence-corrected chi connectivity index (χ3v) is 1.53. The lowest BCUT2D eigenvalue weighted by Crippen LogP contribution is -2.36. The van der Waals surface area contributed by atoms with Crippen molar-refractivity contribution in [2.75, 3.05) is 26.7 Å². The van der Waals surface area contributed by atoms with E-state index in [9.17, 15) is 0 Å². The van der Waals surface area contributed by atoms with Crippen LogP contribution in [-0.2, 0) is 4.74 Å². The minimum absolute atomic E-state index is 0.168. The van der Waals surface area contributed by atoms with Gasteiger partial charge in [-0.15, -0.1) is 0 Å². The van der Waals surface area contributed by atoms with Gasteiger partial charge in [0.2, 0.25) is 0 Å². The van der Waals surface area contributed by atoms with E-state index in [1.54, 1.807) is 0 Å². The number of likely N-dealkylation sites (N-methyl/N-ethyl adjacent to an activating group) is 1. The largest absolute Gasteiger partial charge is 0.360 e. The van der Waals surface area contributed by atoms with Gasteiger partial charge < -0.3 is 21.1 Å². The van der Waals surface area contributed by atoms with Gasteiger partial charge in [-0.2, -0.15) is 0 Å². The molecular formula is C8H21N3O. The summed E-state index contributed by atoms with van der Waals surface area (Å²) in [5, 5.41) is 0. The number of nitrogens with zero attached hydrogens (tertiary/aromatic N) is 1. The van der Waals surface area contributed by atoms with Crippen molar-refractivity contribution in [3.05, 3.63) is 0 Å². The standard InChI is InChI=1S/C8H21N3O/c1-7(12-8(2)10)6-11(3)5-4-9/h7-8H,4-6,9-10H2,1-3H3/t7-,8+/m0/s1. The summed E-state index contributed by atoms with van der Waals surface area (Å²) in [7, 11) is 2.02. The van der Waals surface area contributed by atoms with Gasteiger partial charge in [-0.05, 0) is 20.9 Å². The molecule has 74 valence electrons. The van der Waals surface area contributed by atoms with Gasteiger partial charge in [-0.1, -0.05) is 0 Å². The van der Waals surface area contributed by atoms with E-state index < -0.39 is 0 Å². The highest BCUT2D eigenvalue weighted by molar-refractivity contribution is 4.58. The molecule has 0 bridgehead atoms. The van der Waals surface area contributed by atoms with Crippen molar-refractivity contribution >= 4 is 0 Å². The van der Waals surface area contributed by atoms with E-state index in [1.165, 1.54) is 0 Å². The first-order valence-corrected chi connectivity index (χ1v) is 4.36. The van der Waals surface area contributed by atoms with Crippen LogP contribution in [0, 0.1) is 0 Å². The Morgan fingerprint density at radius 2 is 2.00 bits per heavy atom. The van der Waals surface area contributed by atoms with Gasteiger partial charge in [0.15, 0.2) is 0 Å². The number of hydrogen-bond donors (Lipinski definition) is 2. The fourth-order valence-corrected chi connectivity index (χ4v) is 1.16. The molecule has 0 saturated heterocycles. The molecule has 0 unspecified atom stereocenters. The molecular weight excluding hydrogens is 154 g/mol. The number of ether oxygens (including phenoxy) is 1. The molecule has 4 heteroatoms. The first-order chi connectivity index (χ1) is 5.56. The third kappa shape index (κ3) is 6.54. The maximum Gasteiger partial charge on any atom is 0.103 e. The Bertz CT molecular complexity index is 108. The molecule has 0 radical (unpaired) electrons. The lowest BCUT2D eigenvalue weighted by atomic mass is 10.3. The van der Waals surface area contributed by atoms with Crippen molar-refractivity contribution in [3.8, 4) is 0 Å². The smallest absolute Gasteiger partial charge is 0.103 e. The molecule has 0 aliphatic heterocycles. The highest BCUT2D eigenvalue weighted by Crippen LogP contribution is 1.95. The maximum absolute atomic E-state index is 5.48. The first-order valence-electron chi connectivity index (χ1n) is 4.36. The molecule has 0 amide bonds. The Kier molecular flexibility index (Phi) is 6.28. The quantitative estimate of drug-likeness (QED) is 0.538.